The average molecular weight is 408 g/mol. The molecule has 0 bridgehead atoms. The molecule has 0 saturated carbocycles. The van der Waals surface area contributed by atoms with E-state index in [1.54, 1.807) is 35.8 Å². The fourth-order valence-corrected chi connectivity index (χ4v) is 3.21. The summed E-state index contributed by atoms with van der Waals surface area (Å²) in [6.45, 7) is 3.73. The van der Waals surface area contributed by atoms with Crippen molar-refractivity contribution >= 4 is 29.0 Å². The summed E-state index contributed by atoms with van der Waals surface area (Å²) >= 11 is 5.88. The highest BCUT2D eigenvalue weighted by Crippen LogP contribution is 2.18. The van der Waals surface area contributed by atoms with Crippen LogP contribution >= 0.6 is 11.6 Å². The van der Waals surface area contributed by atoms with Gasteiger partial charge >= 0.3 is 0 Å². The van der Waals surface area contributed by atoms with Gasteiger partial charge in [0.05, 0.1) is 0 Å². The van der Waals surface area contributed by atoms with Gasteiger partial charge in [0.2, 0.25) is 11.7 Å². The van der Waals surface area contributed by atoms with Crippen LogP contribution in [-0.2, 0) is 11.3 Å². The molecular formula is C21H18ClN5O2. The first-order valence-electron chi connectivity index (χ1n) is 9.00. The third-order valence-corrected chi connectivity index (χ3v) is 4.76. The number of hydrogen-bond acceptors (Lipinski definition) is 4. The first-order valence-corrected chi connectivity index (χ1v) is 9.38. The smallest absolute Gasteiger partial charge is 0.275 e. The Balaban J connectivity index is 1.71. The van der Waals surface area contributed by atoms with Gasteiger partial charge in [0.25, 0.3) is 5.56 Å². The highest BCUT2D eigenvalue weighted by atomic mass is 35.5. The van der Waals surface area contributed by atoms with E-state index in [0.717, 1.165) is 11.1 Å². The van der Waals surface area contributed by atoms with E-state index in [0.29, 0.717) is 28.0 Å². The minimum atomic E-state index is -0.293. The molecule has 0 aliphatic carbocycles. The molecule has 0 atom stereocenters. The molecule has 8 heteroatoms. The van der Waals surface area contributed by atoms with Gasteiger partial charge in [0.1, 0.15) is 6.54 Å². The zero-order chi connectivity index (χ0) is 20.5. The van der Waals surface area contributed by atoms with Gasteiger partial charge in [-0.3, -0.25) is 9.59 Å². The summed E-state index contributed by atoms with van der Waals surface area (Å²) in [4.78, 5) is 29.5. The maximum atomic E-state index is 12.6. The number of benzene rings is 2. The number of nitrogens with one attached hydrogen (secondary N) is 1. The van der Waals surface area contributed by atoms with Crippen molar-refractivity contribution in [3.8, 4) is 11.4 Å². The fourth-order valence-electron chi connectivity index (χ4n) is 3.08. The lowest BCUT2D eigenvalue weighted by atomic mass is 10.1. The van der Waals surface area contributed by atoms with Gasteiger partial charge in [-0.25, -0.2) is 0 Å². The predicted molar refractivity (Wildman–Crippen MR) is 112 cm³/mol. The van der Waals surface area contributed by atoms with Gasteiger partial charge in [-0.2, -0.15) is 9.50 Å². The number of hydrogen-bond donors (Lipinski definition) is 1. The van der Waals surface area contributed by atoms with Crippen LogP contribution in [-0.4, -0.2) is 25.1 Å². The average Bonchev–Trinajstić information content (AvgIpc) is 3.13. The van der Waals surface area contributed by atoms with Crippen LogP contribution in [0, 0.1) is 13.8 Å². The number of halogens is 1. The molecule has 7 nitrogen and oxygen atoms in total. The summed E-state index contributed by atoms with van der Waals surface area (Å²) in [5.74, 6) is 0.502. The molecule has 0 aliphatic heterocycles. The lowest BCUT2D eigenvalue weighted by molar-refractivity contribution is -0.116. The molecule has 146 valence electrons. The molecule has 1 N–H and O–H groups in total. The summed E-state index contributed by atoms with van der Waals surface area (Å²) in [5.41, 5.74) is 2.84. The van der Waals surface area contributed by atoms with Crippen LogP contribution in [0.5, 0.6) is 0 Å². The van der Waals surface area contributed by atoms with Crippen molar-refractivity contribution < 1.29 is 4.79 Å². The van der Waals surface area contributed by atoms with E-state index in [4.69, 9.17) is 11.6 Å². The Hall–Kier alpha value is -3.45. The van der Waals surface area contributed by atoms with Crippen LogP contribution in [0.2, 0.25) is 5.02 Å². The highest BCUT2D eigenvalue weighted by Gasteiger charge is 2.15. The molecule has 0 aliphatic rings. The molecule has 29 heavy (non-hydrogen) atoms. The lowest BCUT2D eigenvalue weighted by Crippen LogP contribution is -2.25. The van der Waals surface area contributed by atoms with E-state index in [2.05, 4.69) is 15.4 Å². The second-order valence-electron chi connectivity index (χ2n) is 6.78. The van der Waals surface area contributed by atoms with Crippen LogP contribution in [0.4, 0.5) is 5.69 Å². The van der Waals surface area contributed by atoms with Crippen molar-refractivity contribution in [2.45, 2.75) is 20.4 Å². The number of rotatable bonds is 4. The Labute approximate surface area is 171 Å². The predicted octanol–water partition coefficient (Wildman–Crippen LogP) is 3.47. The molecule has 0 spiro atoms. The van der Waals surface area contributed by atoms with Crippen LogP contribution in [0.25, 0.3) is 17.2 Å². The Morgan fingerprint density at radius 1 is 1.10 bits per heavy atom. The van der Waals surface area contributed by atoms with E-state index < -0.39 is 0 Å². The molecule has 0 radical (unpaired) electrons. The van der Waals surface area contributed by atoms with E-state index >= 15 is 0 Å². The Morgan fingerprint density at radius 3 is 2.59 bits per heavy atom. The fraction of sp³-hybridized carbons (Fsp3) is 0.143. The maximum Gasteiger partial charge on any atom is 0.275 e. The Kier molecular flexibility index (Phi) is 4.90. The Bertz CT molecular complexity index is 1270. The monoisotopic (exact) mass is 407 g/mol. The van der Waals surface area contributed by atoms with Crippen molar-refractivity contribution in [2.24, 2.45) is 0 Å². The SMILES string of the molecule is Cc1cccc(-c2nc3n(CC(=O)Nc4ccc(Cl)cc4)c(C)cc(=O)n3n2)c1. The van der Waals surface area contributed by atoms with Crippen molar-refractivity contribution in [1.82, 2.24) is 19.2 Å². The normalized spacial score (nSPS) is 11.0. The minimum Gasteiger partial charge on any atom is -0.325 e. The molecule has 0 fully saturated rings. The molecule has 2 heterocycles. The van der Waals surface area contributed by atoms with E-state index in [1.807, 2.05) is 31.2 Å². The summed E-state index contributed by atoms with van der Waals surface area (Å²) in [5, 5.41) is 7.76. The van der Waals surface area contributed by atoms with Gasteiger partial charge in [-0.15, -0.1) is 5.10 Å². The third-order valence-electron chi connectivity index (χ3n) is 4.50. The van der Waals surface area contributed by atoms with E-state index in [9.17, 15) is 9.59 Å². The van der Waals surface area contributed by atoms with Crippen molar-refractivity contribution in [2.75, 3.05) is 5.32 Å². The molecule has 0 unspecified atom stereocenters. The van der Waals surface area contributed by atoms with Crippen molar-refractivity contribution in [3.63, 3.8) is 0 Å². The minimum absolute atomic E-state index is 0.00973. The topological polar surface area (TPSA) is 81.3 Å². The number of nitrogens with zero attached hydrogens (tertiary/aromatic N) is 4. The summed E-state index contributed by atoms with van der Waals surface area (Å²) in [7, 11) is 0. The quantitative estimate of drug-likeness (QED) is 0.561. The highest BCUT2D eigenvalue weighted by molar-refractivity contribution is 6.30. The van der Waals surface area contributed by atoms with E-state index in [1.165, 1.54) is 10.6 Å². The number of fused-ring (bicyclic) bond motifs is 1. The van der Waals surface area contributed by atoms with E-state index in [-0.39, 0.29) is 18.0 Å². The van der Waals surface area contributed by atoms with Crippen molar-refractivity contribution in [1.29, 1.82) is 0 Å². The Morgan fingerprint density at radius 2 is 1.86 bits per heavy atom. The number of anilines is 1. The largest absolute Gasteiger partial charge is 0.325 e. The number of amides is 1. The second kappa shape index (κ2) is 7.52. The maximum absolute atomic E-state index is 12.6. The summed E-state index contributed by atoms with van der Waals surface area (Å²) < 4.78 is 2.89. The van der Waals surface area contributed by atoms with Gasteiger partial charge in [-0.05, 0) is 44.2 Å². The zero-order valence-electron chi connectivity index (χ0n) is 15.9. The van der Waals surface area contributed by atoms with Gasteiger partial charge < -0.3 is 9.88 Å². The molecule has 4 aromatic rings. The van der Waals surface area contributed by atoms with Crippen LogP contribution in [0.3, 0.4) is 0 Å². The van der Waals surface area contributed by atoms with Gasteiger partial charge in [0.15, 0.2) is 5.82 Å². The number of carbonyl (C=O) groups is 1. The molecule has 0 saturated heterocycles. The molecular weight excluding hydrogens is 390 g/mol. The first kappa shape index (κ1) is 18.9. The second-order valence-corrected chi connectivity index (χ2v) is 7.22. The summed E-state index contributed by atoms with van der Waals surface area (Å²) in [6, 6.07) is 16.0. The molecule has 2 aromatic carbocycles. The van der Waals surface area contributed by atoms with Gasteiger partial charge in [-0.1, -0.05) is 35.4 Å². The van der Waals surface area contributed by atoms with Crippen molar-refractivity contribution in [3.05, 3.63) is 81.2 Å². The standard InChI is InChI=1S/C21H18ClN5O2/c1-13-4-3-5-15(10-13)20-24-21-26(14(2)11-19(29)27(21)25-20)12-18(28)23-17-8-6-16(22)7-9-17/h3-11H,12H2,1-2H3,(H,23,28). The van der Waals surface area contributed by atoms with Crippen LogP contribution in [0.15, 0.2) is 59.4 Å². The lowest BCUT2D eigenvalue weighted by Gasteiger charge is -2.11. The number of aryl methyl sites for hydroxylation is 2. The zero-order valence-corrected chi connectivity index (χ0v) is 16.6. The molecule has 4 rings (SSSR count). The summed E-state index contributed by atoms with van der Waals surface area (Å²) in [6.07, 6.45) is 0. The van der Waals surface area contributed by atoms with Crippen LogP contribution < -0.4 is 10.9 Å². The van der Waals surface area contributed by atoms with Gasteiger partial charge in [0, 0.05) is 28.0 Å². The molecule has 1 amide bonds. The molecule has 2 aromatic heterocycles. The first-order chi connectivity index (χ1) is 13.9. The van der Waals surface area contributed by atoms with Crippen LogP contribution in [0.1, 0.15) is 11.3 Å². The number of carbonyl (C=O) groups excluding carboxylic acids is 1. The third kappa shape index (κ3) is 3.90. The number of aromatic nitrogens is 4.